The minimum atomic E-state index is -1.08. The maximum absolute atomic E-state index is 12.1. The molecule has 1 amide bonds. The number of hydrogen-bond acceptors (Lipinski definition) is 6. The van der Waals surface area contributed by atoms with Crippen LogP contribution >= 0.6 is 22.7 Å². The highest BCUT2D eigenvalue weighted by molar-refractivity contribution is 7.15. The molecule has 0 aliphatic heterocycles. The van der Waals surface area contributed by atoms with Gasteiger partial charge in [-0.15, -0.1) is 22.7 Å². The van der Waals surface area contributed by atoms with Crippen molar-refractivity contribution in [3.63, 3.8) is 0 Å². The molecule has 0 atom stereocenters. The molecule has 0 aliphatic rings. The van der Waals surface area contributed by atoms with Crippen LogP contribution in [0.15, 0.2) is 39.6 Å². The Morgan fingerprint density at radius 3 is 2.86 bits per heavy atom. The number of thiophene rings is 1. The quantitative estimate of drug-likeness (QED) is 0.768. The number of anilines is 1. The number of aromatic carboxylic acids is 1. The van der Waals surface area contributed by atoms with E-state index in [9.17, 15) is 9.59 Å². The Morgan fingerprint density at radius 2 is 2.14 bits per heavy atom. The third kappa shape index (κ3) is 2.71. The fourth-order valence-corrected chi connectivity index (χ4v) is 3.17. The number of rotatable bonds is 4. The second kappa shape index (κ2) is 5.51. The second-order valence-electron chi connectivity index (χ2n) is 3.94. The number of carbonyl (C=O) groups is 2. The molecule has 3 rings (SSSR count). The van der Waals surface area contributed by atoms with Crippen molar-refractivity contribution in [3.8, 4) is 10.8 Å². The summed E-state index contributed by atoms with van der Waals surface area (Å²) in [7, 11) is 0. The Morgan fingerprint density at radius 1 is 1.29 bits per heavy atom. The lowest BCUT2D eigenvalue weighted by Crippen LogP contribution is -2.13. The molecule has 3 heterocycles. The standard InChI is InChI=1S/C13H8N2O4S2/c16-10(15-11-7(13(17)18)3-5-20-11)8-6-21-12(14-8)9-2-1-4-19-9/h1-6H,(H,15,16)(H,17,18). The number of carboxylic acid groups (broad SMARTS) is 1. The molecule has 3 aromatic rings. The molecule has 0 saturated heterocycles. The highest BCUT2D eigenvalue weighted by atomic mass is 32.1. The Hall–Kier alpha value is -2.45. The van der Waals surface area contributed by atoms with Gasteiger partial charge in [-0.3, -0.25) is 4.79 Å². The van der Waals surface area contributed by atoms with Crippen LogP contribution < -0.4 is 5.32 Å². The van der Waals surface area contributed by atoms with Crippen LogP contribution in [0.3, 0.4) is 0 Å². The smallest absolute Gasteiger partial charge is 0.338 e. The molecule has 0 saturated carbocycles. The Kier molecular flexibility index (Phi) is 3.55. The van der Waals surface area contributed by atoms with Gasteiger partial charge in [-0.05, 0) is 23.6 Å². The minimum Gasteiger partial charge on any atom is -0.478 e. The van der Waals surface area contributed by atoms with Gasteiger partial charge in [-0.2, -0.15) is 0 Å². The van der Waals surface area contributed by atoms with E-state index in [1.165, 1.54) is 23.7 Å². The summed E-state index contributed by atoms with van der Waals surface area (Å²) in [5, 5.41) is 15.6. The first-order chi connectivity index (χ1) is 10.1. The number of thiazole rings is 1. The molecule has 0 fully saturated rings. The molecule has 106 valence electrons. The van der Waals surface area contributed by atoms with Crippen molar-refractivity contribution in [2.24, 2.45) is 0 Å². The highest BCUT2D eigenvalue weighted by Crippen LogP contribution is 2.26. The van der Waals surface area contributed by atoms with Crippen LogP contribution in [0.4, 0.5) is 5.00 Å². The van der Waals surface area contributed by atoms with Gasteiger partial charge in [-0.25, -0.2) is 9.78 Å². The van der Waals surface area contributed by atoms with Crippen molar-refractivity contribution in [2.75, 3.05) is 5.32 Å². The van der Waals surface area contributed by atoms with Crippen molar-refractivity contribution in [1.29, 1.82) is 0 Å². The summed E-state index contributed by atoms with van der Waals surface area (Å²) in [6.07, 6.45) is 1.53. The summed E-state index contributed by atoms with van der Waals surface area (Å²) in [6.45, 7) is 0. The summed E-state index contributed by atoms with van der Waals surface area (Å²) in [5.41, 5.74) is 0.283. The maximum atomic E-state index is 12.1. The number of aromatic nitrogens is 1. The molecular formula is C13H8N2O4S2. The average molecular weight is 320 g/mol. The van der Waals surface area contributed by atoms with Crippen LogP contribution in [0.25, 0.3) is 10.8 Å². The van der Waals surface area contributed by atoms with Crippen LogP contribution in [-0.2, 0) is 0 Å². The molecule has 0 spiro atoms. The maximum Gasteiger partial charge on any atom is 0.338 e. The van der Waals surface area contributed by atoms with Gasteiger partial charge in [0.15, 0.2) is 10.8 Å². The lowest BCUT2D eigenvalue weighted by atomic mass is 10.3. The van der Waals surface area contributed by atoms with Crippen molar-refractivity contribution < 1.29 is 19.1 Å². The van der Waals surface area contributed by atoms with Gasteiger partial charge >= 0.3 is 5.97 Å². The fourth-order valence-electron chi connectivity index (χ4n) is 1.63. The van der Waals surface area contributed by atoms with Gasteiger partial charge in [0.1, 0.15) is 10.7 Å². The van der Waals surface area contributed by atoms with Crippen molar-refractivity contribution in [1.82, 2.24) is 4.98 Å². The Labute approximate surface area is 126 Å². The molecule has 0 aliphatic carbocycles. The number of nitrogens with zero attached hydrogens (tertiary/aromatic N) is 1. The first kappa shape index (κ1) is 13.5. The molecular weight excluding hydrogens is 312 g/mol. The van der Waals surface area contributed by atoms with E-state index in [1.807, 2.05) is 0 Å². The second-order valence-corrected chi connectivity index (χ2v) is 5.71. The van der Waals surface area contributed by atoms with Crippen LogP contribution in [0.1, 0.15) is 20.8 Å². The predicted octanol–water partition coefficient (Wildman–Crippen LogP) is 3.42. The lowest BCUT2D eigenvalue weighted by molar-refractivity contribution is 0.0698. The SMILES string of the molecule is O=C(Nc1sccc1C(=O)O)c1csc(-c2ccco2)n1. The summed E-state index contributed by atoms with van der Waals surface area (Å²) < 4.78 is 5.21. The van der Waals surface area contributed by atoms with E-state index >= 15 is 0 Å². The number of hydrogen-bond donors (Lipinski definition) is 2. The number of carbonyl (C=O) groups excluding carboxylic acids is 1. The molecule has 21 heavy (non-hydrogen) atoms. The van der Waals surface area contributed by atoms with Gasteiger partial charge in [0.05, 0.1) is 11.8 Å². The van der Waals surface area contributed by atoms with Gasteiger partial charge in [-0.1, -0.05) is 0 Å². The van der Waals surface area contributed by atoms with Crippen molar-refractivity contribution >= 4 is 39.6 Å². The van der Waals surface area contributed by atoms with Crippen LogP contribution in [0.2, 0.25) is 0 Å². The third-order valence-electron chi connectivity index (χ3n) is 2.59. The molecule has 3 aromatic heterocycles. The summed E-state index contributed by atoms with van der Waals surface area (Å²) in [4.78, 5) is 27.3. The first-order valence-electron chi connectivity index (χ1n) is 5.76. The van der Waals surface area contributed by atoms with E-state index < -0.39 is 11.9 Å². The fraction of sp³-hybridized carbons (Fsp3) is 0. The normalized spacial score (nSPS) is 10.5. The minimum absolute atomic E-state index is 0.0647. The van der Waals surface area contributed by atoms with Crippen LogP contribution in [0, 0.1) is 0 Å². The molecule has 8 heteroatoms. The third-order valence-corrected chi connectivity index (χ3v) is 4.28. The highest BCUT2D eigenvalue weighted by Gasteiger charge is 2.17. The van der Waals surface area contributed by atoms with Gasteiger partial charge in [0.2, 0.25) is 0 Å². The number of carboxylic acids is 1. The monoisotopic (exact) mass is 320 g/mol. The van der Waals surface area contributed by atoms with E-state index in [-0.39, 0.29) is 11.3 Å². The van der Waals surface area contributed by atoms with E-state index in [0.717, 1.165) is 11.3 Å². The molecule has 0 aromatic carbocycles. The molecule has 0 radical (unpaired) electrons. The topological polar surface area (TPSA) is 92.4 Å². The van der Waals surface area contributed by atoms with E-state index in [0.29, 0.717) is 15.8 Å². The largest absolute Gasteiger partial charge is 0.478 e. The zero-order chi connectivity index (χ0) is 14.8. The summed E-state index contributed by atoms with van der Waals surface area (Å²) in [5.74, 6) is -0.948. The van der Waals surface area contributed by atoms with Crippen LogP contribution in [-0.4, -0.2) is 22.0 Å². The van der Waals surface area contributed by atoms with Gasteiger partial charge in [0.25, 0.3) is 5.91 Å². The predicted molar refractivity (Wildman–Crippen MR) is 79.0 cm³/mol. The average Bonchev–Trinajstić information content (AvgIpc) is 3.19. The van der Waals surface area contributed by atoms with E-state index in [2.05, 4.69) is 10.3 Å². The number of nitrogens with one attached hydrogen (secondary N) is 1. The molecule has 2 N–H and O–H groups in total. The van der Waals surface area contributed by atoms with E-state index in [1.54, 1.807) is 22.9 Å². The molecule has 0 bridgehead atoms. The van der Waals surface area contributed by atoms with Crippen molar-refractivity contribution in [3.05, 3.63) is 46.5 Å². The Balaban J connectivity index is 1.80. The van der Waals surface area contributed by atoms with Crippen LogP contribution in [0.5, 0.6) is 0 Å². The summed E-state index contributed by atoms with van der Waals surface area (Å²) >= 11 is 2.43. The molecule has 6 nitrogen and oxygen atoms in total. The number of amides is 1. The van der Waals surface area contributed by atoms with Crippen molar-refractivity contribution in [2.45, 2.75) is 0 Å². The Bertz CT molecular complexity index is 789. The first-order valence-corrected chi connectivity index (χ1v) is 7.52. The zero-order valence-electron chi connectivity index (χ0n) is 10.4. The van der Waals surface area contributed by atoms with E-state index in [4.69, 9.17) is 9.52 Å². The lowest BCUT2D eigenvalue weighted by Gasteiger charge is -2.01. The summed E-state index contributed by atoms with van der Waals surface area (Å²) in [6, 6.07) is 4.93. The zero-order valence-corrected chi connectivity index (χ0v) is 12.0. The number of furan rings is 1. The van der Waals surface area contributed by atoms with Gasteiger partial charge < -0.3 is 14.8 Å². The van der Waals surface area contributed by atoms with Gasteiger partial charge in [0, 0.05) is 5.38 Å². The molecule has 0 unspecified atom stereocenters.